The second-order valence-electron chi connectivity index (χ2n) is 6.21. The topological polar surface area (TPSA) is 43.4 Å². The number of halogens is 2. The number of aromatic nitrogens is 1. The second kappa shape index (κ2) is 11.2. The van der Waals surface area contributed by atoms with Gasteiger partial charge in [0.15, 0.2) is 0 Å². The van der Waals surface area contributed by atoms with E-state index in [0.717, 1.165) is 39.8 Å². The highest BCUT2D eigenvalue weighted by Crippen LogP contribution is 2.35. The van der Waals surface area contributed by atoms with E-state index in [1.54, 1.807) is 6.20 Å². The fourth-order valence-corrected chi connectivity index (χ4v) is 4.13. The number of hydrogen-bond acceptors (Lipinski definition) is 4. The minimum Gasteiger partial charge on any atom is -0.487 e. The first-order chi connectivity index (χ1) is 13.7. The zero-order valence-corrected chi connectivity index (χ0v) is 18.6. The maximum Gasteiger partial charge on any atom is 0.213 e. The molecule has 146 valence electrons. The van der Waals surface area contributed by atoms with Gasteiger partial charge in [-0.05, 0) is 74.2 Å². The Morgan fingerprint density at radius 1 is 0.857 bits per heavy atom. The van der Waals surface area contributed by atoms with Crippen LogP contribution >= 0.6 is 31.9 Å². The molecule has 1 aromatic heterocycles. The van der Waals surface area contributed by atoms with E-state index in [2.05, 4.69) is 66.4 Å². The Morgan fingerprint density at radius 2 is 1.61 bits per heavy atom. The minimum absolute atomic E-state index is 0.534. The predicted molar refractivity (Wildman–Crippen MR) is 119 cm³/mol. The quantitative estimate of drug-likeness (QED) is 0.356. The van der Waals surface area contributed by atoms with E-state index >= 15 is 0 Å². The van der Waals surface area contributed by atoms with Crippen LogP contribution in [-0.4, -0.2) is 18.1 Å². The predicted octanol–water partition coefficient (Wildman–Crippen LogP) is 5.74. The highest BCUT2D eigenvalue weighted by molar-refractivity contribution is 9.11. The van der Waals surface area contributed by atoms with Crippen molar-refractivity contribution in [1.29, 1.82) is 0 Å². The van der Waals surface area contributed by atoms with E-state index in [-0.39, 0.29) is 0 Å². The Balaban J connectivity index is 1.42. The Morgan fingerprint density at radius 3 is 2.32 bits per heavy atom. The Hall–Kier alpha value is -1.89. The smallest absolute Gasteiger partial charge is 0.213 e. The third kappa shape index (κ3) is 6.62. The van der Waals surface area contributed by atoms with Crippen LogP contribution in [0.2, 0.25) is 0 Å². The monoisotopic (exact) mass is 504 g/mol. The summed E-state index contributed by atoms with van der Waals surface area (Å²) in [5.74, 6) is 1.48. The molecule has 0 saturated carbocycles. The molecule has 0 saturated heterocycles. The number of ether oxygens (including phenoxy) is 2. The summed E-state index contributed by atoms with van der Waals surface area (Å²) in [7, 11) is 0. The number of nitrogens with one attached hydrogen (secondary N) is 1. The van der Waals surface area contributed by atoms with Gasteiger partial charge in [0.1, 0.15) is 12.4 Å². The van der Waals surface area contributed by atoms with Gasteiger partial charge < -0.3 is 14.8 Å². The standard InChI is InChI=1S/C22H22Br2N2O2/c23-19-13-18(15-25-10-6-12-27-21-9-4-5-11-26-21)14-20(24)22(19)28-16-17-7-2-1-3-8-17/h1-5,7-9,11,13-14,25H,6,10,12,15-16H2. The van der Waals surface area contributed by atoms with Crippen molar-refractivity contribution in [1.82, 2.24) is 10.3 Å². The molecule has 1 N–H and O–H groups in total. The molecule has 0 amide bonds. The lowest BCUT2D eigenvalue weighted by molar-refractivity contribution is 0.296. The first kappa shape index (κ1) is 20.8. The maximum absolute atomic E-state index is 5.97. The minimum atomic E-state index is 0.534. The van der Waals surface area contributed by atoms with E-state index in [1.807, 2.05) is 36.4 Å². The van der Waals surface area contributed by atoms with Gasteiger partial charge in [-0.25, -0.2) is 4.98 Å². The van der Waals surface area contributed by atoms with Gasteiger partial charge in [-0.3, -0.25) is 0 Å². The van der Waals surface area contributed by atoms with E-state index in [1.165, 1.54) is 5.56 Å². The van der Waals surface area contributed by atoms with Gasteiger partial charge in [0, 0.05) is 18.8 Å². The lowest BCUT2D eigenvalue weighted by atomic mass is 10.2. The Kier molecular flexibility index (Phi) is 8.33. The van der Waals surface area contributed by atoms with E-state index < -0.39 is 0 Å². The van der Waals surface area contributed by atoms with Gasteiger partial charge in [0.05, 0.1) is 15.6 Å². The lowest BCUT2D eigenvalue weighted by Gasteiger charge is -2.13. The van der Waals surface area contributed by atoms with Crippen molar-refractivity contribution in [3.8, 4) is 11.6 Å². The van der Waals surface area contributed by atoms with Gasteiger partial charge in [0.2, 0.25) is 5.88 Å². The summed E-state index contributed by atoms with van der Waals surface area (Å²) >= 11 is 7.24. The van der Waals surface area contributed by atoms with E-state index in [9.17, 15) is 0 Å². The number of nitrogens with zero attached hydrogens (tertiary/aromatic N) is 1. The Bertz CT molecular complexity index is 838. The average molecular weight is 506 g/mol. The highest BCUT2D eigenvalue weighted by Gasteiger charge is 2.09. The molecule has 1 heterocycles. The van der Waals surface area contributed by atoms with E-state index in [0.29, 0.717) is 19.1 Å². The SMILES string of the molecule is Brc1cc(CNCCCOc2ccccn2)cc(Br)c1OCc1ccccc1. The van der Waals surface area contributed by atoms with Gasteiger partial charge >= 0.3 is 0 Å². The molecule has 3 rings (SSSR count). The molecule has 28 heavy (non-hydrogen) atoms. The summed E-state index contributed by atoms with van der Waals surface area (Å²) in [4.78, 5) is 4.14. The summed E-state index contributed by atoms with van der Waals surface area (Å²) in [6.45, 7) is 2.82. The third-order valence-electron chi connectivity index (χ3n) is 4.00. The molecule has 0 aliphatic rings. The zero-order chi connectivity index (χ0) is 19.6. The van der Waals surface area contributed by atoms with Crippen LogP contribution in [0.15, 0.2) is 75.8 Å². The van der Waals surface area contributed by atoms with Crippen LogP contribution in [0, 0.1) is 0 Å². The van der Waals surface area contributed by atoms with Crippen molar-refractivity contribution in [2.45, 2.75) is 19.6 Å². The molecule has 0 fully saturated rings. The fraction of sp³-hybridized carbons (Fsp3) is 0.227. The average Bonchev–Trinajstić information content (AvgIpc) is 2.71. The summed E-state index contributed by atoms with van der Waals surface area (Å²) in [6.07, 6.45) is 2.65. The van der Waals surface area contributed by atoms with E-state index in [4.69, 9.17) is 9.47 Å². The van der Waals surface area contributed by atoms with Crippen LogP contribution in [0.5, 0.6) is 11.6 Å². The van der Waals surface area contributed by atoms with Crippen molar-refractivity contribution in [2.24, 2.45) is 0 Å². The van der Waals surface area contributed by atoms with Crippen LogP contribution in [-0.2, 0) is 13.2 Å². The molecule has 4 nitrogen and oxygen atoms in total. The van der Waals surface area contributed by atoms with Crippen LogP contribution < -0.4 is 14.8 Å². The highest BCUT2D eigenvalue weighted by atomic mass is 79.9. The second-order valence-corrected chi connectivity index (χ2v) is 7.92. The Labute approximate surface area is 182 Å². The summed E-state index contributed by atoms with van der Waals surface area (Å²) in [5, 5.41) is 3.44. The molecule has 2 aromatic carbocycles. The zero-order valence-electron chi connectivity index (χ0n) is 15.4. The molecule has 6 heteroatoms. The van der Waals surface area contributed by atoms with Gasteiger partial charge in [0.25, 0.3) is 0 Å². The summed E-state index contributed by atoms with van der Waals surface area (Å²) in [5.41, 5.74) is 2.32. The van der Waals surface area contributed by atoms with Gasteiger partial charge in [-0.1, -0.05) is 36.4 Å². The normalized spacial score (nSPS) is 10.6. The largest absolute Gasteiger partial charge is 0.487 e. The van der Waals surface area contributed by atoms with Crippen molar-refractivity contribution in [2.75, 3.05) is 13.2 Å². The van der Waals surface area contributed by atoms with Crippen LogP contribution in [0.4, 0.5) is 0 Å². The first-order valence-corrected chi connectivity index (χ1v) is 10.7. The van der Waals surface area contributed by atoms with Crippen LogP contribution in [0.1, 0.15) is 17.5 Å². The molecule has 0 spiro atoms. The summed E-state index contributed by atoms with van der Waals surface area (Å²) < 4.78 is 13.4. The summed E-state index contributed by atoms with van der Waals surface area (Å²) in [6, 6.07) is 20.0. The maximum atomic E-state index is 5.97. The molecule has 0 bridgehead atoms. The first-order valence-electron chi connectivity index (χ1n) is 9.11. The number of hydrogen-bond donors (Lipinski definition) is 1. The molecule has 0 atom stereocenters. The molecule has 3 aromatic rings. The van der Waals surface area contributed by atoms with Crippen molar-refractivity contribution in [3.05, 3.63) is 86.9 Å². The number of rotatable bonds is 10. The van der Waals surface area contributed by atoms with Crippen molar-refractivity contribution < 1.29 is 9.47 Å². The number of pyridine rings is 1. The van der Waals surface area contributed by atoms with Gasteiger partial charge in [-0.15, -0.1) is 0 Å². The molecular weight excluding hydrogens is 484 g/mol. The van der Waals surface area contributed by atoms with Crippen LogP contribution in [0.25, 0.3) is 0 Å². The molecule has 0 aliphatic heterocycles. The molecule has 0 unspecified atom stereocenters. The molecule has 0 aliphatic carbocycles. The molecule has 0 radical (unpaired) electrons. The molecular formula is C22H22Br2N2O2. The van der Waals surface area contributed by atoms with Crippen molar-refractivity contribution >= 4 is 31.9 Å². The third-order valence-corrected chi connectivity index (χ3v) is 5.18. The van der Waals surface area contributed by atoms with Crippen LogP contribution in [0.3, 0.4) is 0 Å². The van der Waals surface area contributed by atoms with Gasteiger partial charge in [-0.2, -0.15) is 0 Å². The van der Waals surface area contributed by atoms with Crippen molar-refractivity contribution in [3.63, 3.8) is 0 Å². The fourth-order valence-electron chi connectivity index (χ4n) is 2.62. The lowest BCUT2D eigenvalue weighted by Crippen LogP contribution is -2.17. The number of benzene rings is 2.